The minimum Gasteiger partial charge on any atom is -0.359 e. The molecule has 4 aromatic carbocycles. The number of hydrogen-bond donors (Lipinski definition) is 5. The van der Waals surface area contributed by atoms with Crippen molar-refractivity contribution in [3.63, 3.8) is 0 Å². The molecule has 332 valence electrons. The Kier molecular flexibility index (Phi) is 13.3. The molecule has 0 atom stereocenters. The topological polar surface area (TPSA) is 237 Å². The molecule has 0 aliphatic carbocycles. The average molecular weight is 931 g/mol. The number of amides is 1. The molecule has 2 aliphatic heterocycles. The third-order valence-electron chi connectivity index (χ3n) is 11.4. The smallest absolute Gasteiger partial charge is 0.295 e. The predicted octanol–water partition coefficient (Wildman–Crippen LogP) is 7.66. The van der Waals surface area contributed by atoms with Crippen LogP contribution in [0.25, 0.3) is 21.5 Å². The van der Waals surface area contributed by atoms with Crippen molar-refractivity contribution in [3.05, 3.63) is 95.7 Å². The van der Waals surface area contributed by atoms with Crippen LogP contribution < -0.4 is 10.2 Å². The van der Waals surface area contributed by atoms with Crippen LogP contribution in [0.3, 0.4) is 0 Å². The zero-order valence-corrected chi connectivity index (χ0v) is 38.0. The number of allylic oxidation sites excluding steroid dienone is 6. The van der Waals surface area contributed by atoms with Gasteiger partial charge in [0.1, 0.15) is 11.4 Å². The third-order valence-corrected chi connectivity index (χ3v) is 14.6. The van der Waals surface area contributed by atoms with Crippen LogP contribution in [0.1, 0.15) is 71.4 Å². The molecule has 0 radical (unpaired) electrons. The number of hydrogen-bond acceptors (Lipinski definition) is 12. The van der Waals surface area contributed by atoms with Gasteiger partial charge in [-0.05, 0) is 97.8 Å². The number of fused-ring (bicyclic) bond motifs is 6. The molecule has 62 heavy (non-hydrogen) atoms. The second-order valence-corrected chi connectivity index (χ2v) is 20.9. The molecule has 0 saturated carbocycles. The van der Waals surface area contributed by atoms with E-state index in [0.717, 1.165) is 35.1 Å². The van der Waals surface area contributed by atoms with Crippen molar-refractivity contribution in [2.45, 2.75) is 90.7 Å². The molecule has 4 aromatic rings. The van der Waals surface area contributed by atoms with Crippen molar-refractivity contribution >= 4 is 86.9 Å². The van der Waals surface area contributed by atoms with E-state index in [0.29, 0.717) is 66.4 Å². The van der Waals surface area contributed by atoms with E-state index in [1.165, 1.54) is 24.3 Å². The fourth-order valence-electron chi connectivity index (χ4n) is 8.71. The van der Waals surface area contributed by atoms with Crippen molar-refractivity contribution in [2.24, 2.45) is 0 Å². The minimum atomic E-state index is -4.92. The summed E-state index contributed by atoms with van der Waals surface area (Å²) in [5.74, 6) is -0.0648. The molecular formula is C42H48N3O13S4+. The van der Waals surface area contributed by atoms with Gasteiger partial charge in [0.2, 0.25) is 11.6 Å². The van der Waals surface area contributed by atoms with E-state index in [1.54, 1.807) is 19.2 Å². The monoisotopic (exact) mass is 930 g/mol. The number of likely N-dealkylation sites (N-methyl/N-ethyl adjacent to an activating group) is 1. The van der Waals surface area contributed by atoms with Gasteiger partial charge in [-0.15, -0.1) is 4.33 Å². The summed E-state index contributed by atoms with van der Waals surface area (Å²) in [6.07, 6.45) is 11.8. The lowest BCUT2D eigenvalue weighted by molar-refractivity contribution is -0.438. The molecular weight excluding hydrogens is 883 g/mol. The quantitative estimate of drug-likeness (QED) is 0.0138. The maximum atomic E-state index is 12.5. The zero-order valence-electron chi connectivity index (χ0n) is 34.7. The second kappa shape index (κ2) is 17.6. The number of anilines is 1. The summed E-state index contributed by atoms with van der Waals surface area (Å²) in [6.45, 7) is 10.9. The molecule has 16 nitrogen and oxygen atoms in total. The van der Waals surface area contributed by atoms with Crippen LogP contribution in [0, 0.1) is 0 Å². The maximum absolute atomic E-state index is 12.5. The number of rotatable bonds is 16. The fraction of sp³-hybridized carbons (Fsp3) is 0.333. The fourth-order valence-corrected chi connectivity index (χ4v) is 11.2. The second-order valence-electron chi connectivity index (χ2n) is 15.9. The molecule has 0 unspecified atom stereocenters. The number of carbonyl (C=O) groups is 1. The Morgan fingerprint density at radius 2 is 1.44 bits per heavy atom. The van der Waals surface area contributed by atoms with Crippen LogP contribution in [0.4, 0.5) is 11.4 Å². The van der Waals surface area contributed by atoms with Crippen molar-refractivity contribution < 1.29 is 62.9 Å². The first-order chi connectivity index (χ1) is 29.0. The van der Waals surface area contributed by atoms with Crippen molar-refractivity contribution in [2.75, 3.05) is 25.0 Å². The average Bonchev–Trinajstić information content (AvgIpc) is 3.55. The van der Waals surface area contributed by atoms with E-state index in [-0.39, 0.29) is 26.5 Å². The predicted molar refractivity (Wildman–Crippen MR) is 236 cm³/mol. The highest BCUT2D eigenvalue weighted by Gasteiger charge is 2.46. The normalized spacial score (nSPS) is 17.0. The van der Waals surface area contributed by atoms with Crippen molar-refractivity contribution in [1.29, 1.82) is 0 Å². The van der Waals surface area contributed by atoms with Gasteiger partial charge < -0.3 is 10.2 Å². The van der Waals surface area contributed by atoms with E-state index in [9.17, 15) is 43.7 Å². The Hall–Kier alpha value is -4.48. The standard InChI is InChI=1S/C42H47N3O13S4/c1-7-44-32-19-17-28-30(22-26(60(48,49)50)24-34(28)59-58-57-47)39(32)41(2,3)36(44)14-10-8-11-15-37-42(4,5)40-31-23-27(61(51,52)53)25-35(62(54,55)56)29(31)18-20-33(40)45(37)21-13-9-12-16-38(46)43-6/h8,10-11,14-15,17-20,22-25H,7,9,12-13,16,21H2,1-6H3,(H4-,43,46,47,48,49,50,51,52,53,54,55,56)/p+1. The summed E-state index contributed by atoms with van der Waals surface area (Å²) in [7, 11) is -12.9. The van der Waals surface area contributed by atoms with Crippen LogP contribution in [0.5, 0.6) is 0 Å². The highest BCUT2D eigenvalue weighted by atomic mass is 32.2. The molecule has 0 aromatic heterocycles. The first-order valence-electron chi connectivity index (χ1n) is 19.5. The van der Waals surface area contributed by atoms with Gasteiger partial charge in [-0.2, -0.15) is 29.8 Å². The van der Waals surface area contributed by atoms with E-state index in [2.05, 4.69) is 24.2 Å². The summed E-state index contributed by atoms with van der Waals surface area (Å²) >= 11 is 0.587. The molecule has 0 fully saturated rings. The third kappa shape index (κ3) is 8.99. The van der Waals surface area contributed by atoms with Gasteiger partial charge in [-0.1, -0.05) is 43.2 Å². The van der Waals surface area contributed by atoms with Gasteiger partial charge in [-0.3, -0.25) is 18.5 Å². The van der Waals surface area contributed by atoms with E-state index < -0.39 is 51.0 Å². The summed E-state index contributed by atoms with van der Waals surface area (Å²) in [6, 6.07) is 11.5. The number of benzene rings is 4. The zero-order chi connectivity index (χ0) is 45.6. The highest BCUT2D eigenvalue weighted by molar-refractivity contribution is 7.94. The van der Waals surface area contributed by atoms with Crippen LogP contribution in [0.2, 0.25) is 0 Å². The van der Waals surface area contributed by atoms with E-state index in [4.69, 9.17) is 5.26 Å². The number of nitrogens with one attached hydrogen (secondary N) is 1. The Labute approximate surface area is 364 Å². The molecule has 1 amide bonds. The summed E-state index contributed by atoms with van der Waals surface area (Å²) < 4.78 is 111. The van der Waals surface area contributed by atoms with Gasteiger partial charge in [0, 0.05) is 71.2 Å². The molecule has 20 heteroatoms. The van der Waals surface area contributed by atoms with Gasteiger partial charge in [0.15, 0.2) is 5.71 Å². The number of unbranched alkanes of at least 4 members (excludes halogenated alkanes) is 2. The van der Waals surface area contributed by atoms with Crippen LogP contribution >= 0.6 is 12.0 Å². The molecule has 0 saturated heterocycles. The molecule has 0 spiro atoms. The maximum Gasteiger partial charge on any atom is 0.295 e. The van der Waals surface area contributed by atoms with Gasteiger partial charge in [0.25, 0.3) is 30.4 Å². The molecule has 6 rings (SSSR count). The first-order valence-corrected chi connectivity index (χ1v) is 24.5. The van der Waals surface area contributed by atoms with Gasteiger partial charge in [0.05, 0.1) is 27.2 Å². The molecule has 2 aliphatic rings. The Bertz CT molecular complexity index is 2960. The Balaban J connectivity index is 1.42. The largest absolute Gasteiger partial charge is 0.359 e. The number of carbonyl (C=O) groups excluding carboxylic acids is 1. The lowest BCUT2D eigenvalue weighted by atomic mass is 9.79. The first kappa shape index (κ1) is 47.0. The molecule has 5 N–H and O–H groups in total. The molecule has 2 heterocycles. The van der Waals surface area contributed by atoms with E-state index in [1.807, 2.05) is 71.1 Å². The Morgan fingerprint density at radius 3 is 2.05 bits per heavy atom. The van der Waals surface area contributed by atoms with Gasteiger partial charge in [-0.25, -0.2) is 5.26 Å². The lowest BCUT2D eigenvalue weighted by Gasteiger charge is -2.26. The van der Waals surface area contributed by atoms with Crippen LogP contribution in [-0.4, -0.2) is 80.5 Å². The minimum absolute atomic E-state index is 0.0648. The lowest BCUT2D eigenvalue weighted by Crippen LogP contribution is -2.28. The van der Waals surface area contributed by atoms with E-state index >= 15 is 0 Å². The van der Waals surface area contributed by atoms with Crippen molar-refractivity contribution in [1.82, 2.24) is 5.32 Å². The molecule has 0 bridgehead atoms. The van der Waals surface area contributed by atoms with Crippen LogP contribution in [0.15, 0.2) is 104 Å². The summed E-state index contributed by atoms with van der Waals surface area (Å²) in [5.41, 5.74) is 3.04. The van der Waals surface area contributed by atoms with Crippen LogP contribution in [-0.2, 0) is 55.4 Å². The Morgan fingerprint density at radius 1 is 0.790 bits per heavy atom. The number of nitrogens with zero attached hydrogens (tertiary/aromatic N) is 2. The van der Waals surface area contributed by atoms with Crippen molar-refractivity contribution in [3.8, 4) is 0 Å². The summed E-state index contributed by atoms with van der Waals surface area (Å²) in [4.78, 5) is 12.6. The highest BCUT2D eigenvalue weighted by Crippen LogP contribution is 2.52. The SMILES string of the molecule is CCN1/C(=C/C=C/C=C/C2=[N+](CCCCCC(=O)NC)c3ccc4c(S(=O)(=O)O)cc(S(=O)(=O)O)cc4c3C2(C)C)C(C)(C)c2c1ccc1c(SOOO)cc(S(=O)(=O)O)cc21. The summed E-state index contributed by atoms with van der Waals surface area (Å²) in [5, 5.41) is 16.7. The van der Waals surface area contributed by atoms with Gasteiger partial charge >= 0.3 is 0 Å².